The first-order chi connectivity index (χ1) is 9.24. The Bertz CT molecular complexity index is 701. The molecule has 0 fully saturated rings. The number of hydrogen-bond donors (Lipinski definition) is 1. The van der Waals surface area contributed by atoms with E-state index in [1.54, 1.807) is 24.3 Å². The van der Waals surface area contributed by atoms with E-state index in [1.165, 1.54) is 23.2 Å². The van der Waals surface area contributed by atoms with Gasteiger partial charge < -0.3 is 9.52 Å². The third-order valence-electron chi connectivity index (χ3n) is 2.50. The van der Waals surface area contributed by atoms with Crippen LogP contribution in [0, 0.1) is 0 Å². The number of rotatable bonds is 3. The molecule has 2 aromatic heterocycles. The minimum absolute atomic E-state index is 0.204. The predicted octanol–water partition coefficient (Wildman–Crippen LogP) is 1.62. The summed E-state index contributed by atoms with van der Waals surface area (Å²) in [6.45, 7) is 0. The van der Waals surface area contributed by atoms with Gasteiger partial charge in [-0.05, 0) is 41.6 Å². The van der Waals surface area contributed by atoms with E-state index >= 15 is 0 Å². The van der Waals surface area contributed by atoms with Crippen molar-refractivity contribution >= 4 is 5.97 Å². The Morgan fingerprint density at radius 3 is 2.63 bits per heavy atom. The van der Waals surface area contributed by atoms with Crippen LogP contribution >= 0.6 is 0 Å². The fraction of sp³-hybridized carbons (Fsp3) is 0. The summed E-state index contributed by atoms with van der Waals surface area (Å²) in [6.07, 6.45) is 1.53. The summed E-state index contributed by atoms with van der Waals surface area (Å²) in [6, 6.07) is 9.64. The van der Waals surface area contributed by atoms with Crippen molar-refractivity contribution in [3.8, 4) is 17.3 Å². The first-order valence-electron chi connectivity index (χ1n) is 5.42. The van der Waals surface area contributed by atoms with Crippen molar-refractivity contribution in [1.82, 2.24) is 20.2 Å². The molecular weight excluding hydrogens is 248 g/mol. The zero-order valence-electron chi connectivity index (χ0n) is 9.59. The number of aromatic nitrogens is 4. The number of benzene rings is 1. The third-order valence-corrected chi connectivity index (χ3v) is 2.50. The van der Waals surface area contributed by atoms with Crippen molar-refractivity contribution < 1.29 is 14.3 Å². The summed E-state index contributed by atoms with van der Waals surface area (Å²) in [5.74, 6) is -0.0879. The normalized spacial score (nSPS) is 10.5. The van der Waals surface area contributed by atoms with E-state index in [9.17, 15) is 4.79 Å². The Hall–Kier alpha value is -2.96. The van der Waals surface area contributed by atoms with Gasteiger partial charge in [-0.25, -0.2) is 4.79 Å². The fourth-order valence-electron chi connectivity index (χ4n) is 1.57. The minimum Gasteiger partial charge on any atom is -0.478 e. The second-order valence-electron chi connectivity index (χ2n) is 3.73. The van der Waals surface area contributed by atoms with E-state index in [4.69, 9.17) is 9.52 Å². The first-order valence-corrected chi connectivity index (χ1v) is 5.42. The Morgan fingerprint density at radius 1 is 1.21 bits per heavy atom. The van der Waals surface area contributed by atoms with Crippen molar-refractivity contribution in [1.29, 1.82) is 0 Å². The lowest BCUT2D eigenvalue weighted by molar-refractivity contribution is 0.0697. The van der Waals surface area contributed by atoms with Crippen LogP contribution in [0.4, 0.5) is 0 Å². The van der Waals surface area contributed by atoms with Crippen molar-refractivity contribution in [2.75, 3.05) is 0 Å². The molecule has 0 aliphatic rings. The number of aromatic carboxylic acids is 1. The second kappa shape index (κ2) is 4.37. The van der Waals surface area contributed by atoms with Crippen LogP contribution < -0.4 is 0 Å². The number of carboxylic acid groups (broad SMARTS) is 1. The molecule has 1 aromatic carbocycles. The number of tetrazole rings is 1. The van der Waals surface area contributed by atoms with Gasteiger partial charge in [0.15, 0.2) is 5.76 Å². The molecular formula is C12H8N4O3. The van der Waals surface area contributed by atoms with E-state index in [0.29, 0.717) is 17.3 Å². The quantitative estimate of drug-likeness (QED) is 0.765. The zero-order valence-corrected chi connectivity index (χ0v) is 9.59. The van der Waals surface area contributed by atoms with E-state index in [-0.39, 0.29) is 5.56 Å². The largest absolute Gasteiger partial charge is 0.478 e. The lowest BCUT2D eigenvalue weighted by Crippen LogP contribution is -2.01. The minimum atomic E-state index is -0.977. The smallest absolute Gasteiger partial charge is 0.335 e. The molecule has 7 nitrogen and oxygen atoms in total. The third kappa shape index (κ3) is 2.08. The van der Waals surface area contributed by atoms with Crippen LogP contribution in [0.3, 0.4) is 0 Å². The average molecular weight is 256 g/mol. The van der Waals surface area contributed by atoms with E-state index in [1.807, 2.05) is 0 Å². The summed E-state index contributed by atoms with van der Waals surface area (Å²) in [4.78, 5) is 12.1. The predicted molar refractivity (Wildman–Crippen MR) is 63.8 cm³/mol. The highest BCUT2D eigenvalue weighted by Gasteiger charge is 2.10. The van der Waals surface area contributed by atoms with Crippen LogP contribution in [-0.2, 0) is 0 Å². The van der Waals surface area contributed by atoms with E-state index < -0.39 is 5.97 Å². The highest BCUT2D eigenvalue weighted by Crippen LogP contribution is 2.15. The maximum atomic E-state index is 10.7. The van der Waals surface area contributed by atoms with Gasteiger partial charge in [0.2, 0.25) is 5.82 Å². The summed E-state index contributed by atoms with van der Waals surface area (Å²) in [5, 5.41) is 20.7. The average Bonchev–Trinajstić information content (AvgIpc) is 3.10. The van der Waals surface area contributed by atoms with Gasteiger partial charge in [-0.1, -0.05) is 0 Å². The lowest BCUT2D eigenvalue weighted by atomic mass is 10.2. The molecule has 0 saturated carbocycles. The van der Waals surface area contributed by atoms with Gasteiger partial charge in [0, 0.05) is 0 Å². The monoisotopic (exact) mass is 256 g/mol. The van der Waals surface area contributed by atoms with Crippen LogP contribution in [0.2, 0.25) is 0 Å². The lowest BCUT2D eigenvalue weighted by Gasteiger charge is -1.98. The number of carbonyl (C=O) groups is 1. The number of hydrogen-bond acceptors (Lipinski definition) is 5. The zero-order chi connectivity index (χ0) is 13.2. The molecule has 0 spiro atoms. The Labute approximate surface area is 107 Å². The molecule has 0 radical (unpaired) electrons. The maximum absolute atomic E-state index is 10.7. The molecule has 0 amide bonds. The van der Waals surface area contributed by atoms with Crippen molar-refractivity contribution in [2.24, 2.45) is 0 Å². The summed E-state index contributed by atoms with van der Waals surface area (Å²) in [5.41, 5.74) is 0.824. The van der Waals surface area contributed by atoms with Gasteiger partial charge >= 0.3 is 5.97 Å². The number of carboxylic acids is 1. The Morgan fingerprint density at radius 2 is 2.00 bits per heavy atom. The van der Waals surface area contributed by atoms with Crippen molar-refractivity contribution in [2.45, 2.75) is 0 Å². The molecule has 3 rings (SSSR count). The molecule has 1 N–H and O–H groups in total. The second-order valence-corrected chi connectivity index (χ2v) is 3.73. The molecule has 0 bridgehead atoms. The summed E-state index contributed by atoms with van der Waals surface area (Å²) < 4.78 is 5.16. The topological polar surface area (TPSA) is 94.0 Å². The Balaban J connectivity index is 1.92. The van der Waals surface area contributed by atoms with Crippen LogP contribution in [0.1, 0.15) is 10.4 Å². The fourth-order valence-corrected chi connectivity index (χ4v) is 1.57. The van der Waals surface area contributed by atoms with Gasteiger partial charge in [-0.3, -0.25) is 0 Å². The van der Waals surface area contributed by atoms with E-state index in [0.717, 1.165) is 0 Å². The molecule has 0 saturated heterocycles. The molecule has 0 aliphatic heterocycles. The summed E-state index contributed by atoms with van der Waals surface area (Å²) >= 11 is 0. The summed E-state index contributed by atoms with van der Waals surface area (Å²) in [7, 11) is 0. The van der Waals surface area contributed by atoms with E-state index in [2.05, 4.69) is 15.4 Å². The molecule has 3 aromatic rings. The highest BCUT2D eigenvalue weighted by atomic mass is 16.4. The van der Waals surface area contributed by atoms with Gasteiger partial charge in [0.25, 0.3) is 0 Å². The van der Waals surface area contributed by atoms with Crippen LogP contribution in [0.15, 0.2) is 47.1 Å². The number of nitrogens with zero attached hydrogens (tertiary/aromatic N) is 4. The van der Waals surface area contributed by atoms with Gasteiger partial charge in [-0.15, -0.1) is 15.0 Å². The van der Waals surface area contributed by atoms with Crippen molar-refractivity contribution in [3.63, 3.8) is 0 Å². The molecule has 0 aliphatic carbocycles. The molecule has 19 heavy (non-hydrogen) atoms. The maximum Gasteiger partial charge on any atom is 0.335 e. The van der Waals surface area contributed by atoms with Crippen LogP contribution in [0.25, 0.3) is 17.3 Å². The van der Waals surface area contributed by atoms with Gasteiger partial charge in [-0.2, -0.15) is 0 Å². The Kier molecular flexibility index (Phi) is 2.57. The van der Waals surface area contributed by atoms with Crippen LogP contribution in [0.5, 0.6) is 0 Å². The van der Waals surface area contributed by atoms with Crippen LogP contribution in [-0.4, -0.2) is 31.3 Å². The molecule has 94 valence electrons. The standard InChI is InChI=1S/C12H8N4O3/c17-12(18)8-3-5-9(6-4-8)16-14-11(13-15-16)10-2-1-7-19-10/h1-7H,(H,17,18). The van der Waals surface area contributed by atoms with Crippen molar-refractivity contribution in [3.05, 3.63) is 48.2 Å². The molecule has 0 atom stereocenters. The SMILES string of the molecule is O=C(O)c1ccc(-n2nnc(-c3ccco3)n2)cc1. The highest BCUT2D eigenvalue weighted by molar-refractivity contribution is 5.87. The molecule has 2 heterocycles. The molecule has 0 unspecified atom stereocenters. The van der Waals surface area contributed by atoms with Gasteiger partial charge in [0.05, 0.1) is 17.5 Å². The first kappa shape index (κ1) is 11.1. The number of furan rings is 1. The van der Waals surface area contributed by atoms with Gasteiger partial charge in [0.1, 0.15) is 0 Å². The molecule has 7 heteroatoms.